The van der Waals surface area contributed by atoms with Crippen molar-refractivity contribution in [2.45, 2.75) is 4.90 Å². The minimum atomic E-state index is -3.50. The van der Waals surface area contributed by atoms with Crippen molar-refractivity contribution in [2.75, 3.05) is 26.2 Å². The van der Waals surface area contributed by atoms with E-state index in [-0.39, 0.29) is 10.8 Å². The number of halogens is 1. The van der Waals surface area contributed by atoms with Gasteiger partial charge < -0.3 is 4.90 Å². The first-order chi connectivity index (χ1) is 11.5. The molecule has 24 heavy (non-hydrogen) atoms. The molecule has 0 atom stereocenters. The predicted octanol–water partition coefficient (Wildman–Crippen LogP) is 2.60. The highest BCUT2D eigenvalue weighted by Gasteiger charge is 2.30. The second-order valence-electron chi connectivity index (χ2n) is 5.49. The molecule has 0 unspecified atom stereocenters. The lowest BCUT2D eigenvalue weighted by Crippen LogP contribution is -2.50. The molecule has 2 aromatic carbocycles. The standard InChI is InChI=1S/C17H17BrN2O3S/c18-16-9-5-4-8-15(16)17(21)19-10-12-20(13-11-19)24(22,23)14-6-2-1-3-7-14/h1-9H,10-13H2. The highest BCUT2D eigenvalue weighted by molar-refractivity contribution is 9.10. The van der Waals surface area contributed by atoms with Crippen LogP contribution in [-0.2, 0) is 10.0 Å². The summed E-state index contributed by atoms with van der Waals surface area (Å²) in [6.45, 7) is 1.36. The lowest BCUT2D eigenvalue weighted by Gasteiger charge is -2.34. The number of piperazine rings is 1. The van der Waals surface area contributed by atoms with Gasteiger partial charge in [0.1, 0.15) is 0 Å². The maximum absolute atomic E-state index is 12.6. The van der Waals surface area contributed by atoms with Crippen LogP contribution in [0, 0.1) is 0 Å². The van der Waals surface area contributed by atoms with Gasteiger partial charge in [-0.15, -0.1) is 0 Å². The van der Waals surface area contributed by atoms with Crippen molar-refractivity contribution in [3.05, 3.63) is 64.6 Å². The number of hydrogen-bond acceptors (Lipinski definition) is 3. The second kappa shape index (κ2) is 7.04. The molecule has 3 rings (SSSR count). The summed E-state index contributed by atoms with van der Waals surface area (Å²) in [6, 6.07) is 15.6. The fourth-order valence-corrected chi connectivity index (χ4v) is 4.58. The molecule has 2 aromatic rings. The van der Waals surface area contributed by atoms with Crippen molar-refractivity contribution < 1.29 is 13.2 Å². The minimum absolute atomic E-state index is 0.0840. The predicted molar refractivity (Wildman–Crippen MR) is 95.2 cm³/mol. The van der Waals surface area contributed by atoms with E-state index >= 15 is 0 Å². The Morgan fingerprint density at radius 1 is 0.875 bits per heavy atom. The van der Waals surface area contributed by atoms with E-state index in [1.54, 1.807) is 41.3 Å². The Kier molecular flexibility index (Phi) is 5.03. The van der Waals surface area contributed by atoms with Gasteiger partial charge in [-0.2, -0.15) is 4.31 Å². The van der Waals surface area contributed by atoms with E-state index in [9.17, 15) is 13.2 Å². The Labute approximate surface area is 150 Å². The van der Waals surface area contributed by atoms with Gasteiger partial charge in [-0.3, -0.25) is 4.79 Å². The molecule has 7 heteroatoms. The van der Waals surface area contributed by atoms with Crippen LogP contribution in [0.5, 0.6) is 0 Å². The average molecular weight is 409 g/mol. The third-order valence-corrected chi connectivity index (χ3v) is 6.62. The van der Waals surface area contributed by atoms with Crippen molar-refractivity contribution in [3.63, 3.8) is 0 Å². The van der Waals surface area contributed by atoms with Gasteiger partial charge in [-0.25, -0.2) is 8.42 Å². The van der Waals surface area contributed by atoms with E-state index in [0.717, 1.165) is 4.47 Å². The number of rotatable bonds is 3. The molecule has 1 heterocycles. The molecule has 0 bridgehead atoms. The van der Waals surface area contributed by atoms with Gasteiger partial charge in [0.05, 0.1) is 10.5 Å². The molecule has 0 saturated carbocycles. The van der Waals surface area contributed by atoms with Gasteiger partial charge >= 0.3 is 0 Å². The van der Waals surface area contributed by atoms with Crippen LogP contribution in [0.25, 0.3) is 0 Å². The lowest BCUT2D eigenvalue weighted by atomic mass is 10.2. The fourth-order valence-electron chi connectivity index (χ4n) is 2.68. The first-order valence-corrected chi connectivity index (χ1v) is 9.82. The largest absolute Gasteiger partial charge is 0.336 e. The van der Waals surface area contributed by atoms with Gasteiger partial charge in [-0.05, 0) is 40.2 Å². The number of carbonyl (C=O) groups excluding carboxylic acids is 1. The zero-order valence-electron chi connectivity index (χ0n) is 12.9. The van der Waals surface area contributed by atoms with Crippen molar-refractivity contribution in [1.29, 1.82) is 0 Å². The first-order valence-electron chi connectivity index (χ1n) is 7.59. The Bertz CT molecular complexity index is 832. The van der Waals surface area contributed by atoms with E-state index < -0.39 is 10.0 Å². The smallest absolute Gasteiger partial charge is 0.255 e. The van der Waals surface area contributed by atoms with Crippen molar-refractivity contribution in [1.82, 2.24) is 9.21 Å². The van der Waals surface area contributed by atoms with Crippen LogP contribution in [-0.4, -0.2) is 49.7 Å². The van der Waals surface area contributed by atoms with Crippen molar-refractivity contribution in [2.24, 2.45) is 0 Å². The van der Waals surface area contributed by atoms with Gasteiger partial charge in [0.25, 0.3) is 5.91 Å². The van der Waals surface area contributed by atoms with Crippen LogP contribution in [0.2, 0.25) is 0 Å². The van der Waals surface area contributed by atoms with E-state index in [1.807, 2.05) is 18.2 Å². The normalized spacial score (nSPS) is 16.1. The lowest BCUT2D eigenvalue weighted by molar-refractivity contribution is 0.0697. The molecule has 0 radical (unpaired) electrons. The number of hydrogen-bond donors (Lipinski definition) is 0. The SMILES string of the molecule is O=C(c1ccccc1Br)N1CCN(S(=O)(=O)c2ccccc2)CC1. The molecule has 1 aliphatic heterocycles. The van der Waals surface area contributed by atoms with Crippen LogP contribution in [0.1, 0.15) is 10.4 Å². The Hall–Kier alpha value is -1.70. The highest BCUT2D eigenvalue weighted by Crippen LogP contribution is 2.21. The number of benzene rings is 2. The number of amides is 1. The Morgan fingerprint density at radius 2 is 1.46 bits per heavy atom. The van der Waals surface area contributed by atoms with Gasteiger partial charge in [0.15, 0.2) is 0 Å². The third-order valence-electron chi connectivity index (χ3n) is 4.01. The minimum Gasteiger partial charge on any atom is -0.336 e. The molecule has 1 saturated heterocycles. The van der Waals surface area contributed by atoms with Crippen LogP contribution in [0.4, 0.5) is 0 Å². The first kappa shape index (κ1) is 17.1. The quantitative estimate of drug-likeness (QED) is 0.783. The van der Waals surface area contributed by atoms with Crippen LogP contribution in [0.15, 0.2) is 64.0 Å². The molecule has 0 spiro atoms. The Balaban J connectivity index is 1.70. The van der Waals surface area contributed by atoms with Crippen LogP contribution in [0.3, 0.4) is 0 Å². The second-order valence-corrected chi connectivity index (χ2v) is 8.28. The molecular formula is C17H17BrN2O3S. The summed E-state index contributed by atoms with van der Waals surface area (Å²) in [5.41, 5.74) is 0.594. The van der Waals surface area contributed by atoms with Gasteiger partial charge in [0, 0.05) is 30.7 Å². The van der Waals surface area contributed by atoms with Gasteiger partial charge in [0.2, 0.25) is 10.0 Å². The highest BCUT2D eigenvalue weighted by atomic mass is 79.9. The molecule has 0 aliphatic carbocycles. The summed E-state index contributed by atoms with van der Waals surface area (Å²) in [7, 11) is -3.50. The fraction of sp³-hybridized carbons (Fsp3) is 0.235. The van der Waals surface area contributed by atoms with E-state index in [4.69, 9.17) is 0 Å². The summed E-state index contributed by atoms with van der Waals surface area (Å²) in [4.78, 5) is 14.6. The monoisotopic (exact) mass is 408 g/mol. The summed E-state index contributed by atoms with van der Waals surface area (Å²) in [5, 5.41) is 0. The summed E-state index contributed by atoms with van der Waals surface area (Å²) < 4.78 is 27.4. The number of carbonyl (C=O) groups is 1. The van der Waals surface area contributed by atoms with Crippen LogP contribution < -0.4 is 0 Å². The maximum atomic E-state index is 12.6. The molecule has 1 fully saturated rings. The Morgan fingerprint density at radius 3 is 2.08 bits per heavy atom. The maximum Gasteiger partial charge on any atom is 0.255 e. The zero-order chi connectivity index (χ0) is 17.2. The molecular weight excluding hydrogens is 392 g/mol. The summed E-state index contributed by atoms with van der Waals surface area (Å²) in [6.07, 6.45) is 0. The van der Waals surface area contributed by atoms with Gasteiger partial charge in [-0.1, -0.05) is 30.3 Å². The zero-order valence-corrected chi connectivity index (χ0v) is 15.3. The molecule has 0 N–H and O–H groups in total. The molecule has 5 nitrogen and oxygen atoms in total. The number of nitrogens with zero attached hydrogens (tertiary/aromatic N) is 2. The van der Waals surface area contributed by atoms with E-state index in [0.29, 0.717) is 31.7 Å². The molecule has 1 amide bonds. The third kappa shape index (κ3) is 3.38. The number of sulfonamides is 1. The summed E-state index contributed by atoms with van der Waals surface area (Å²) in [5.74, 6) is -0.0840. The molecule has 126 valence electrons. The van der Waals surface area contributed by atoms with E-state index in [1.165, 1.54) is 4.31 Å². The van der Waals surface area contributed by atoms with E-state index in [2.05, 4.69) is 15.9 Å². The van der Waals surface area contributed by atoms with Crippen LogP contribution >= 0.6 is 15.9 Å². The average Bonchev–Trinajstić information content (AvgIpc) is 2.62. The summed E-state index contributed by atoms with van der Waals surface area (Å²) >= 11 is 3.38. The van der Waals surface area contributed by atoms with Crippen molar-refractivity contribution >= 4 is 31.9 Å². The molecule has 0 aromatic heterocycles. The van der Waals surface area contributed by atoms with Crippen molar-refractivity contribution in [3.8, 4) is 0 Å². The molecule has 1 aliphatic rings. The topological polar surface area (TPSA) is 57.7 Å².